The molecule has 2 aromatic carbocycles. The summed E-state index contributed by atoms with van der Waals surface area (Å²) in [7, 11) is 3.98. The number of hydrogen-bond acceptors (Lipinski definition) is 3. The smallest absolute Gasteiger partial charge is 0.220 e. The molecule has 0 bridgehead atoms. The van der Waals surface area contributed by atoms with Gasteiger partial charge in [0.1, 0.15) is 0 Å². The highest BCUT2D eigenvalue weighted by molar-refractivity contribution is 5.97. The number of rotatable bonds is 8. The highest BCUT2D eigenvalue weighted by atomic mass is 16.2. The summed E-state index contributed by atoms with van der Waals surface area (Å²) in [6, 6.07) is 17.6. The minimum atomic E-state index is -0.0942. The summed E-state index contributed by atoms with van der Waals surface area (Å²) in [5, 5.41) is 2.95. The molecule has 0 saturated heterocycles. The van der Waals surface area contributed by atoms with Crippen LogP contribution in [0.5, 0.6) is 0 Å². The number of nitrogens with one attached hydrogen (secondary N) is 1. The molecule has 4 heteroatoms. The molecule has 0 saturated carbocycles. The molecule has 2 aromatic rings. The Bertz CT molecular complexity index is 694. The van der Waals surface area contributed by atoms with E-state index >= 15 is 0 Å². The standard InChI is InChI=1S/C21H26N2O2/c1-16-9-11-18(12-10-16)20(24)13-14-21(25)22-15-19(23(2)3)17-7-5-4-6-8-17/h4-12,19H,13-15H2,1-3H3,(H,22,25). The van der Waals surface area contributed by atoms with Crippen LogP contribution >= 0.6 is 0 Å². The van der Waals surface area contributed by atoms with E-state index in [1.165, 1.54) is 0 Å². The molecule has 0 aromatic heterocycles. The molecular weight excluding hydrogens is 312 g/mol. The summed E-state index contributed by atoms with van der Waals surface area (Å²) in [6.07, 6.45) is 0.439. The topological polar surface area (TPSA) is 49.4 Å². The first-order valence-corrected chi connectivity index (χ1v) is 8.55. The first-order chi connectivity index (χ1) is 12.0. The summed E-state index contributed by atoms with van der Waals surface area (Å²) >= 11 is 0. The Hall–Kier alpha value is -2.46. The fraction of sp³-hybridized carbons (Fsp3) is 0.333. The third-order valence-corrected chi connectivity index (χ3v) is 4.25. The quantitative estimate of drug-likeness (QED) is 0.751. The van der Waals surface area contributed by atoms with Gasteiger partial charge in [-0.3, -0.25) is 9.59 Å². The fourth-order valence-corrected chi connectivity index (χ4v) is 2.68. The molecule has 0 spiro atoms. The van der Waals surface area contributed by atoms with Crippen molar-refractivity contribution in [3.63, 3.8) is 0 Å². The molecule has 0 radical (unpaired) electrons. The van der Waals surface area contributed by atoms with E-state index < -0.39 is 0 Å². The first-order valence-electron chi connectivity index (χ1n) is 8.55. The average molecular weight is 338 g/mol. The number of carbonyl (C=O) groups is 2. The number of likely N-dealkylation sites (N-methyl/N-ethyl adjacent to an activating group) is 1. The second-order valence-electron chi connectivity index (χ2n) is 6.48. The summed E-state index contributed by atoms with van der Waals surface area (Å²) < 4.78 is 0. The number of aryl methyl sites for hydroxylation is 1. The SMILES string of the molecule is Cc1ccc(C(=O)CCC(=O)NCC(c2ccccc2)N(C)C)cc1. The van der Waals surface area contributed by atoms with E-state index in [-0.39, 0.29) is 30.6 Å². The van der Waals surface area contributed by atoms with Crippen LogP contribution in [0.2, 0.25) is 0 Å². The van der Waals surface area contributed by atoms with Crippen LogP contribution in [0.1, 0.15) is 40.4 Å². The van der Waals surface area contributed by atoms with Gasteiger partial charge in [0.2, 0.25) is 5.91 Å². The molecule has 0 heterocycles. The van der Waals surface area contributed by atoms with Crippen LogP contribution < -0.4 is 5.32 Å². The number of carbonyl (C=O) groups excluding carboxylic acids is 2. The van der Waals surface area contributed by atoms with Crippen LogP contribution in [0.4, 0.5) is 0 Å². The Labute approximate surface area is 149 Å². The van der Waals surface area contributed by atoms with Crippen LogP contribution in [-0.2, 0) is 4.79 Å². The first kappa shape index (κ1) is 18.9. The number of Topliss-reactive ketones (excluding diaryl/α,β-unsaturated/α-hetero) is 1. The van der Waals surface area contributed by atoms with E-state index in [0.717, 1.165) is 11.1 Å². The van der Waals surface area contributed by atoms with Gasteiger partial charge in [0.25, 0.3) is 0 Å². The van der Waals surface area contributed by atoms with E-state index in [9.17, 15) is 9.59 Å². The minimum Gasteiger partial charge on any atom is -0.354 e. The predicted molar refractivity (Wildman–Crippen MR) is 101 cm³/mol. The normalized spacial score (nSPS) is 12.0. The van der Waals surface area contributed by atoms with Crippen LogP contribution in [0.3, 0.4) is 0 Å². The maximum atomic E-state index is 12.1. The molecule has 25 heavy (non-hydrogen) atoms. The molecule has 1 unspecified atom stereocenters. The summed E-state index contributed by atoms with van der Waals surface area (Å²) in [5.74, 6) is -0.0920. The van der Waals surface area contributed by atoms with Gasteiger partial charge in [-0.15, -0.1) is 0 Å². The van der Waals surface area contributed by atoms with Gasteiger partial charge in [-0.05, 0) is 26.6 Å². The van der Waals surface area contributed by atoms with Crippen LogP contribution in [0.25, 0.3) is 0 Å². The van der Waals surface area contributed by atoms with E-state index in [0.29, 0.717) is 12.1 Å². The highest BCUT2D eigenvalue weighted by Crippen LogP contribution is 2.16. The van der Waals surface area contributed by atoms with Crippen molar-refractivity contribution in [2.24, 2.45) is 0 Å². The van der Waals surface area contributed by atoms with Crippen molar-refractivity contribution in [3.05, 3.63) is 71.3 Å². The lowest BCUT2D eigenvalue weighted by molar-refractivity contribution is -0.121. The lowest BCUT2D eigenvalue weighted by atomic mass is 10.0. The third-order valence-electron chi connectivity index (χ3n) is 4.25. The van der Waals surface area contributed by atoms with Gasteiger partial charge in [-0.1, -0.05) is 60.2 Å². The molecule has 132 valence electrons. The van der Waals surface area contributed by atoms with Crippen molar-refractivity contribution in [1.82, 2.24) is 10.2 Å². The summed E-state index contributed by atoms with van der Waals surface area (Å²) in [6.45, 7) is 2.50. The van der Waals surface area contributed by atoms with Crippen molar-refractivity contribution in [1.29, 1.82) is 0 Å². The third kappa shape index (κ3) is 5.84. The summed E-state index contributed by atoms with van der Waals surface area (Å²) in [4.78, 5) is 26.3. The predicted octanol–water partition coefficient (Wildman–Crippen LogP) is 3.38. The molecule has 0 aliphatic carbocycles. The number of nitrogens with zero attached hydrogens (tertiary/aromatic N) is 1. The number of amides is 1. The Morgan fingerprint density at radius 2 is 1.60 bits per heavy atom. The molecule has 4 nitrogen and oxygen atoms in total. The fourth-order valence-electron chi connectivity index (χ4n) is 2.68. The lowest BCUT2D eigenvalue weighted by Crippen LogP contribution is -2.34. The van der Waals surface area contributed by atoms with Crippen molar-refractivity contribution in [2.45, 2.75) is 25.8 Å². The van der Waals surface area contributed by atoms with Crippen molar-refractivity contribution >= 4 is 11.7 Å². The Morgan fingerprint density at radius 3 is 2.20 bits per heavy atom. The molecule has 0 fully saturated rings. The number of hydrogen-bond donors (Lipinski definition) is 1. The van der Waals surface area contributed by atoms with Crippen LogP contribution in [0, 0.1) is 6.92 Å². The number of ketones is 1. The molecule has 1 amide bonds. The van der Waals surface area contributed by atoms with E-state index in [1.807, 2.05) is 63.5 Å². The molecule has 1 atom stereocenters. The van der Waals surface area contributed by atoms with Gasteiger partial charge in [0.15, 0.2) is 5.78 Å². The van der Waals surface area contributed by atoms with Gasteiger partial charge in [0, 0.05) is 24.9 Å². The highest BCUT2D eigenvalue weighted by Gasteiger charge is 2.15. The van der Waals surface area contributed by atoms with Gasteiger partial charge >= 0.3 is 0 Å². The second kappa shape index (κ2) is 9.14. The molecular formula is C21H26N2O2. The largest absolute Gasteiger partial charge is 0.354 e. The molecule has 0 aliphatic rings. The van der Waals surface area contributed by atoms with Gasteiger partial charge in [-0.25, -0.2) is 0 Å². The van der Waals surface area contributed by atoms with Crippen LogP contribution in [-0.4, -0.2) is 37.2 Å². The van der Waals surface area contributed by atoms with Crippen molar-refractivity contribution in [3.8, 4) is 0 Å². The van der Waals surface area contributed by atoms with E-state index in [4.69, 9.17) is 0 Å². The van der Waals surface area contributed by atoms with Gasteiger partial charge in [0.05, 0.1) is 6.04 Å². The number of benzene rings is 2. The zero-order chi connectivity index (χ0) is 18.2. The van der Waals surface area contributed by atoms with Crippen LogP contribution in [0.15, 0.2) is 54.6 Å². The zero-order valence-electron chi connectivity index (χ0n) is 15.2. The zero-order valence-corrected chi connectivity index (χ0v) is 15.2. The van der Waals surface area contributed by atoms with E-state index in [1.54, 1.807) is 0 Å². The maximum Gasteiger partial charge on any atom is 0.220 e. The molecule has 1 N–H and O–H groups in total. The average Bonchev–Trinajstić information content (AvgIpc) is 2.61. The minimum absolute atomic E-state index is 0.00219. The molecule has 0 aliphatic heterocycles. The maximum absolute atomic E-state index is 12.1. The second-order valence-corrected chi connectivity index (χ2v) is 6.48. The Kier molecular flexibility index (Phi) is 6.90. The molecule has 2 rings (SSSR count). The monoisotopic (exact) mass is 338 g/mol. The Balaban J connectivity index is 1.83. The van der Waals surface area contributed by atoms with Crippen molar-refractivity contribution < 1.29 is 9.59 Å². The summed E-state index contributed by atoms with van der Waals surface area (Å²) in [5.41, 5.74) is 2.93. The van der Waals surface area contributed by atoms with Gasteiger partial charge < -0.3 is 10.2 Å². The van der Waals surface area contributed by atoms with E-state index in [2.05, 4.69) is 22.3 Å². The lowest BCUT2D eigenvalue weighted by Gasteiger charge is -2.25. The van der Waals surface area contributed by atoms with Crippen molar-refractivity contribution in [2.75, 3.05) is 20.6 Å². The van der Waals surface area contributed by atoms with Gasteiger partial charge in [-0.2, -0.15) is 0 Å². The Morgan fingerprint density at radius 1 is 0.960 bits per heavy atom.